The number of nitrogens with two attached hydrogens (primary N) is 2. The van der Waals surface area contributed by atoms with Crippen LogP contribution in [0.2, 0.25) is 0 Å². The van der Waals surface area contributed by atoms with Crippen LogP contribution >= 0.6 is 0 Å². The smallest absolute Gasteiger partial charge is 0.108 e. The SMILES string of the molecule is NCCCCCC(N)c1ccc(N=O)cc1. The third-order valence-electron chi connectivity index (χ3n) is 2.65. The highest BCUT2D eigenvalue weighted by molar-refractivity contribution is 5.39. The molecule has 1 atom stereocenters. The van der Waals surface area contributed by atoms with Crippen molar-refractivity contribution in [2.45, 2.75) is 31.7 Å². The van der Waals surface area contributed by atoms with Crippen LogP contribution in [0.4, 0.5) is 5.69 Å². The predicted octanol–water partition coefficient (Wildman–Crippen LogP) is 2.60. The molecule has 0 spiro atoms. The zero-order valence-corrected chi connectivity index (χ0v) is 9.43. The fourth-order valence-corrected chi connectivity index (χ4v) is 1.63. The molecule has 0 heterocycles. The van der Waals surface area contributed by atoms with E-state index in [1.165, 1.54) is 0 Å². The summed E-state index contributed by atoms with van der Waals surface area (Å²) in [6.45, 7) is 0.745. The molecule has 4 heteroatoms. The molecule has 0 saturated carbocycles. The molecular weight excluding hydrogens is 202 g/mol. The molecule has 0 saturated heterocycles. The summed E-state index contributed by atoms with van der Waals surface area (Å²) in [5, 5.41) is 2.85. The van der Waals surface area contributed by atoms with E-state index in [2.05, 4.69) is 5.18 Å². The standard InChI is InChI=1S/C12H19N3O/c13-9-3-1-2-4-12(14)10-5-7-11(15-16)8-6-10/h5-8,12H,1-4,9,13-14H2. The molecule has 0 amide bonds. The molecule has 0 fully saturated rings. The Morgan fingerprint density at radius 2 is 1.81 bits per heavy atom. The molecule has 4 nitrogen and oxygen atoms in total. The highest BCUT2D eigenvalue weighted by Crippen LogP contribution is 2.20. The van der Waals surface area contributed by atoms with Gasteiger partial charge in [-0.25, -0.2) is 0 Å². The van der Waals surface area contributed by atoms with Crippen LogP contribution in [0.3, 0.4) is 0 Å². The molecule has 1 unspecified atom stereocenters. The Morgan fingerprint density at radius 3 is 2.38 bits per heavy atom. The van der Waals surface area contributed by atoms with Gasteiger partial charge in [-0.3, -0.25) is 0 Å². The maximum absolute atomic E-state index is 10.2. The van der Waals surface area contributed by atoms with Crippen LogP contribution < -0.4 is 11.5 Å². The zero-order chi connectivity index (χ0) is 11.8. The lowest BCUT2D eigenvalue weighted by molar-refractivity contribution is 0.573. The minimum Gasteiger partial charge on any atom is -0.330 e. The van der Waals surface area contributed by atoms with Crippen LogP contribution in [-0.4, -0.2) is 6.54 Å². The average Bonchev–Trinajstić information content (AvgIpc) is 2.34. The lowest BCUT2D eigenvalue weighted by Gasteiger charge is -2.11. The van der Waals surface area contributed by atoms with Gasteiger partial charge in [0.1, 0.15) is 5.69 Å². The van der Waals surface area contributed by atoms with Gasteiger partial charge in [0, 0.05) is 6.04 Å². The minimum atomic E-state index is 0.0403. The monoisotopic (exact) mass is 221 g/mol. The van der Waals surface area contributed by atoms with Crippen molar-refractivity contribution < 1.29 is 0 Å². The second-order valence-corrected chi connectivity index (χ2v) is 3.93. The number of benzene rings is 1. The Hall–Kier alpha value is -1.26. The summed E-state index contributed by atoms with van der Waals surface area (Å²) < 4.78 is 0. The molecule has 0 aliphatic heterocycles. The fraction of sp³-hybridized carbons (Fsp3) is 0.500. The summed E-state index contributed by atoms with van der Waals surface area (Å²) in [6, 6.07) is 7.16. The predicted molar refractivity (Wildman–Crippen MR) is 66.3 cm³/mol. The van der Waals surface area contributed by atoms with E-state index in [4.69, 9.17) is 11.5 Å². The van der Waals surface area contributed by atoms with E-state index in [0.29, 0.717) is 5.69 Å². The topological polar surface area (TPSA) is 81.5 Å². The molecule has 16 heavy (non-hydrogen) atoms. The first-order valence-electron chi connectivity index (χ1n) is 5.67. The summed E-state index contributed by atoms with van der Waals surface area (Å²) in [4.78, 5) is 10.2. The third-order valence-corrected chi connectivity index (χ3v) is 2.65. The summed E-state index contributed by atoms with van der Waals surface area (Å²) in [7, 11) is 0. The van der Waals surface area contributed by atoms with Gasteiger partial charge in [0.2, 0.25) is 0 Å². The van der Waals surface area contributed by atoms with Crippen molar-refractivity contribution in [2.75, 3.05) is 6.54 Å². The number of unbranched alkanes of at least 4 members (excludes halogenated alkanes) is 2. The highest BCUT2D eigenvalue weighted by atomic mass is 16.3. The van der Waals surface area contributed by atoms with Crippen LogP contribution in [0.5, 0.6) is 0 Å². The Morgan fingerprint density at radius 1 is 1.12 bits per heavy atom. The van der Waals surface area contributed by atoms with Gasteiger partial charge in [-0.05, 0) is 42.3 Å². The van der Waals surface area contributed by atoms with Crippen LogP contribution in [0.25, 0.3) is 0 Å². The maximum atomic E-state index is 10.2. The second kappa shape index (κ2) is 7.09. The van der Waals surface area contributed by atoms with Crippen molar-refractivity contribution in [3.8, 4) is 0 Å². The molecule has 0 aliphatic carbocycles. The van der Waals surface area contributed by atoms with E-state index in [1.807, 2.05) is 12.1 Å². The van der Waals surface area contributed by atoms with Gasteiger partial charge in [-0.15, -0.1) is 4.91 Å². The summed E-state index contributed by atoms with van der Waals surface area (Å²) in [6.07, 6.45) is 4.22. The van der Waals surface area contributed by atoms with Gasteiger partial charge in [0.15, 0.2) is 0 Å². The van der Waals surface area contributed by atoms with E-state index >= 15 is 0 Å². The first-order valence-corrected chi connectivity index (χ1v) is 5.67. The number of nitrogens with zero attached hydrogens (tertiary/aromatic N) is 1. The molecule has 0 bridgehead atoms. The van der Waals surface area contributed by atoms with E-state index < -0.39 is 0 Å². The first kappa shape index (κ1) is 12.8. The largest absolute Gasteiger partial charge is 0.330 e. The molecule has 1 aromatic rings. The normalized spacial score (nSPS) is 12.4. The minimum absolute atomic E-state index is 0.0403. The van der Waals surface area contributed by atoms with Gasteiger partial charge < -0.3 is 11.5 Å². The molecule has 4 N–H and O–H groups in total. The van der Waals surface area contributed by atoms with Crippen LogP contribution in [0.15, 0.2) is 29.4 Å². The highest BCUT2D eigenvalue weighted by Gasteiger charge is 2.05. The number of hydrogen-bond acceptors (Lipinski definition) is 4. The van der Waals surface area contributed by atoms with E-state index in [0.717, 1.165) is 37.8 Å². The van der Waals surface area contributed by atoms with Crippen molar-refractivity contribution in [2.24, 2.45) is 16.6 Å². The summed E-state index contributed by atoms with van der Waals surface area (Å²) in [5.74, 6) is 0. The van der Waals surface area contributed by atoms with Crippen molar-refractivity contribution in [1.82, 2.24) is 0 Å². The van der Waals surface area contributed by atoms with E-state index in [1.54, 1.807) is 12.1 Å². The fourth-order valence-electron chi connectivity index (χ4n) is 1.63. The Bertz CT molecular complexity index is 311. The van der Waals surface area contributed by atoms with Crippen LogP contribution in [-0.2, 0) is 0 Å². The number of hydrogen-bond donors (Lipinski definition) is 2. The second-order valence-electron chi connectivity index (χ2n) is 3.93. The first-order chi connectivity index (χ1) is 7.77. The number of rotatable bonds is 7. The van der Waals surface area contributed by atoms with Crippen LogP contribution in [0.1, 0.15) is 37.3 Å². The van der Waals surface area contributed by atoms with Crippen LogP contribution in [0, 0.1) is 4.91 Å². The summed E-state index contributed by atoms with van der Waals surface area (Å²) in [5.41, 5.74) is 12.9. The Kier molecular flexibility index (Phi) is 5.67. The summed E-state index contributed by atoms with van der Waals surface area (Å²) >= 11 is 0. The van der Waals surface area contributed by atoms with Crippen molar-refractivity contribution in [3.05, 3.63) is 34.7 Å². The molecular formula is C12H19N3O. The Balaban J connectivity index is 2.39. The average molecular weight is 221 g/mol. The van der Waals surface area contributed by atoms with Gasteiger partial charge in [-0.2, -0.15) is 0 Å². The molecule has 1 rings (SSSR count). The third kappa shape index (κ3) is 4.08. The van der Waals surface area contributed by atoms with Gasteiger partial charge in [0.25, 0.3) is 0 Å². The molecule has 1 aromatic carbocycles. The molecule has 0 radical (unpaired) electrons. The lowest BCUT2D eigenvalue weighted by Crippen LogP contribution is -2.10. The van der Waals surface area contributed by atoms with Crippen molar-refractivity contribution in [1.29, 1.82) is 0 Å². The van der Waals surface area contributed by atoms with Gasteiger partial charge in [0.05, 0.1) is 0 Å². The molecule has 88 valence electrons. The lowest BCUT2D eigenvalue weighted by atomic mass is 10.0. The number of nitroso groups, excluding NO2 is 1. The van der Waals surface area contributed by atoms with Gasteiger partial charge >= 0.3 is 0 Å². The Labute approximate surface area is 96.0 Å². The molecule has 0 aromatic heterocycles. The van der Waals surface area contributed by atoms with Crippen molar-refractivity contribution >= 4 is 5.69 Å². The quantitative estimate of drug-likeness (QED) is 0.548. The van der Waals surface area contributed by atoms with E-state index in [-0.39, 0.29) is 6.04 Å². The maximum Gasteiger partial charge on any atom is 0.108 e. The van der Waals surface area contributed by atoms with E-state index in [9.17, 15) is 4.91 Å². The van der Waals surface area contributed by atoms with Gasteiger partial charge in [-0.1, -0.05) is 25.0 Å². The zero-order valence-electron chi connectivity index (χ0n) is 9.43. The molecule has 0 aliphatic rings. The van der Waals surface area contributed by atoms with Crippen molar-refractivity contribution in [3.63, 3.8) is 0 Å².